The summed E-state index contributed by atoms with van der Waals surface area (Å²) in [7, 11) is 1.58. The van der Waals surface area contributed by atoms with E-state index in [9.17, 15) is 4.79 Å². The van der Waals surface area contributed by atoms with E-state index in [0.29, 0.717) is 23.7 Å². The Morgan fingerprint density at radius 1 is 1.08 bits per heavy atom. The van der Waals surface area contributed by atoms with E-state index in [4.69, 9.17) is 9.47 Å². The molecule has 1 amide bonds. The van der Waals surface area contributed by atoms with Crippen LogP contribution in [0.1, 0.15) is 22.8 Å². The van der Waals surface area contributed by atoms with E-state index in [1.54, 1.807) is 25.5 Å². The summed E-state index contributed by atoms with van der Waals surface area (Å²) in [6.45, 7) is 2.47. The molecule has 3 rings (SSSR count). The van der Waals surface area contributed by atoms with Crippen molar-refractivity contribution in [2.45, 2.75) is 6.92 Å². The number of carbonyl (C=O) groups excluding carboxylic acids is 1. The van der Waals surface area contributed by atoms with Crippen molar-refractivity contribution in [1.82, 2.24) is 5.43 Å². The Morgan fingerprint density at radius 3 is 2.69 bits per heavy atom. The third-order valence-corrected chi connectivity index (χ3v) is 3.90. The fourth-order valence-electron chi connectivity index (χ4n) is 2.69. The molecule has 132 valence electrons. The monoisotopic (exact) mass is 348 g/mol. The second-order valence-corrected chi connectivity index (χ2v) is 5.57. The molecule has 5 nitrogen and oxygen atoms in total. The van der Waals surface area contributed by atoms with Crippen molar-refractivity contribution in [2.75, 3.05) is 13.7 Å². The molecule has 0 aromatic heterocycles. The van der Waals surface area contributed by atoms with Gasteiger partial charge < -0.3 is 9.47 Å². The number of hydrazone groups is 1. The molecule has 0 atom stereocenters. The normalized spacial score (nSPS) is 10.8. The number of amides is 1. The first-order valence-corrected chi connectivity index (χ1v) is 8.35. The van der Waals surface area contributed by atoms with Crippen molar-refractivity contribution < 1.29 is 14.3 Å². The zero-order valence-electron chi connectivity index (χ0n) is 14.7. The molecule has 5 heteroatoms. The van der Waals surface area contributed by atoms with Gasteiger partial charge in [-0.2, -0.15) is 5.10 Å². The van der Waals surface area contributed by atoms with Gasteiger partial charge in [0.15, 0.2) is 11.5 Å². The number of fused-ring (bicyclic) bond motifs is 1. The number of rotatable bonds is 6. The third kappa shape index (κ3) is 3.83. The first kappa shape index (κ1) is 17.5. The molecular formula is C21H20N2O3. The average molecular weight is 348 g/mol. The molecule has 0 spiro atoms. The summed E-state index contributed by atoms with van der Waals surface area (Å²) in [6.07, 6.45) is 1.57. The second kappa shape index (κ2) is 8.16. The van der Waals surface area contributed by atoms with Crippen LogP contribution in [-0.4, -0.2) is 25.8 Å². The Labute approximate surface area is 152 Å². The van der Waals surface area contributed by atoms with Gasteiger partial charge >= 0.3 is 0 Å². The molecule has 0 unspecified atom stereocenters. The predicted molar refractivity (Wildman–Crippen MR) is 103 cm³/mol. The van der Waals surface area contributed by atoms with Crippen LogP contribution < -0.4 is 14.9 Å². The predicted octanol–water partition coefficient (Wildman–Crippen LogP) is 4.01. The largest absolute Gasteiger partial charge is 0.493 e. The molecular weight excluding hydrogens is 328 g/mol. The molecule has 3 aromatic rings. The number of ether oxygens (including phenoxy) is 2. The van der Waals surface area contributed by atoms with Gasteiger partial charge in [-0.15, -0.1) is 0 Å². The van der Waals surface area contributed by atoms with Crippen molar-refractivity contribution in [2.24, 2.45) is 5.10 Å². The minimum Gasteiger partial charge on any atom is -0.493 e. The highest BCUT2D eigenvalue weighted by molar-refractivity contribution is 6.07. The van der Waals surface area contributed by atoms with Crippen LogP contribution in [0.15, 0.2) is 65.8 Å². The lowest BCUT2D eigenvalue weighted by atomic mass is 10.0. The highest BCUT2D eigenvalue weighted by Gasteiger charge is 2.08. The lowest BCUT2D eigenvalue weighted by Crippen LogP contribution is -2.17. The molecule has 0 heterocycles. The minimum absolute atomic E-state index is 0.254. The molecule has 0 aliphatic heterocycles. The van der Waals surface area contributed by atoms with Crippen LogP contribution in [0, 0.1) is 0 Å². The summed E-state index contributed by atoms with van der Waals surface area (Å²) >= 11 is 0. The van der Waals surface area contributed by atoms with Gasteiger partial charge in [-0.25, -0.2) is 5.43 Å². The molecule has 0 fully saturated rings. The molecule has 1 N–H and O–H groups in total. The summed E-state index contributed by atoms with van der Waals surface area (Å²) in [6, 6.07) is 18.8. The highest BCUT2D eigenvalue weighted by atomic mass is 16.5. The smallest absolute Gasteiger partial charge is 0.271 e. The fourth-order valence-corrected chi connectivity index (χ4v) is 2.69. The van der Waals surface area contributed by atoms with Gasteiger partial charge in [0.2, 0.25) is 0 Å². The van der Waals surface area contributed by atoms with Crippen molar-refractivity contribution in [3.05, 3.63) is 71.8 Å². The van der Waals surface area contributed by atoms with Crippen LogP contribution in [0.4, 0.5) is 0 Å². The number of benzene rings is 3. The molecule has 3 aromatic carbocycles. The standard InChI is InChI=1S/C21H20N2O3/c1-3-26-19-12-11-15(13-20(19)25-2)14-22-23-21(24)18-10-6-8-16-7-4-5-9-17(16)18/h4-14H,3H2,1-2H3,(H,23,24)/b22-14+. The number of methoxy groups -OCH3 is 1. The van der Waals surface area contributed by atoms with E-state index < -0.39 is 0 Å². The van der Waals surface area contributed by atoms with Gasteiger partial charge in [0.25, 0.3) is 5.91 Å². The Balaban J connectivity index is 1.75. The summed E-state index contributed by atoms with van der Waals surface area (Å²) in [5, 5.41) is 5.96. The lowest BCUT2D eigenvalue weighted by molar-refractivity contribution is 0.0957. The van der Waals surface area contributed by atoms with Gasteiger partial charge in [-0.1, -0.05) is 36.4 Å². The Hall–Kier alpha value is -3.34. The Kier molecular flexibility index (Phi) is 5.49. The molecule has 0 saturated carbocycles. The van der Waals surface area contributed by atoms with E-state index in [-0.39, 0.29) is 5.91 Å². The van der Waals surface area contributed by atoms with Gasteiger partial charge in [0.05, 0.1) is 19.9 Å². The molecule has 0 bridgehead atoms. The highest BCUT2D eigenvalue weighted by Crippen LogP contribution is 2.27. The minimum atomic E-state index is -0.254. The maximum atomic E-state index is 12.4. The van der Waals surface area contributed by atoms with Crippen LogP contribution in [0.2, 0.25) is 0 Å². The van der Waals surface area contributed by atoms with Crippen molar-refractivity contribution in [3.8, 4) is 11.5 Å². The number of hydrogen-bond donors (Lipinski definition) is 1. The fraction of sp³-hybridized carbons (Fsp3) is 0.143. The Morgan fingerprint density at radius 2 is 1.88 bits per heavy atom. The average Bonchev–Trinajstić information content (AvgIpc) is 2.68. The van der Waals surface area contributed by atoms with E-state index in [1.807, 2.05) is 55.5 Å². The number of carbonyl (C=O) groups is 1. The van der Waals surface area contributed by atoms with Crippen LogP contribution in [0.3, 0.4) is 0 Å². The quantitative estimate of drug-likeness (QED) is 0.541. The second-order valence-electron chi connectivity index (χ2n) is 5.57. The molecule has 26 heavy (non-hydrogen) atoms. The van der Waals surface area contributed by atoms with E-state index in [1.165, 1.54) is 0 Å². The van der Waals surface area contributed by atoms with Crippen LogP contribution >= 0.6 is 0 Å². The van der Waals surface area contributed by atoms with E-state index >= 15 is 0 Å². The van der Waals surface area contributed by atoms with Crippen LogP contribution in [0.25, 0.3) is 10.8 Å². The zero-order chi connectivity index (χ0) is 18.4. The summed E-state index contributed by atoms with van der Waals surface area (Å²) in [5.74, 6) is 1.04. The first-order chi connectivity index (χ1) is 12.7. The van der Waals surface area contributed by atoms with Gasteiger partial charge in [-0.3, -0.25) is 4.79 Å². The van der Waals surface area contributed by atoms with Crippen LogP contribution in [-0.2, 0) is 0 Å². The summed E-state index contributed by atoms with van der Waals surface area (Å²) in [5.41, 5.74) is 3.96. The lowest BCUT2D eigenvalue weighted by Gasteiger charge is -2.09. The van der Waals surface area contributed by atoms with Gasteiger partial charge in [-0.05, 0) is 47.5 Å². The maximum Gasteiger partial charge on any atom is 0.271 e. The van der Waals surface area contributed by atoms with Crippen molar-refractivity contribution in [1.29, 1.82) is 0 Å². The maximum absolute atomic E-state index is 12.4. The Bertz CT molecular complexity index is 946. The van der Waals surface area contributed by atoms with Crippen LogP contribution in [0.5, 0.6) is 11.5 Å². The van der Waals surface area contributed by atoms with Gasteiger partial charge in [0, 0.05) is 5.56 Å². The SMILES string of the molecule is CCOc1ccc(/C=N/NC(=O)c2cccc3ccccc23)cc1OC. The number of hydrogen-bond acceptors (Lipinski definition) is 4. The molecule has 0 aliphatic rings. The summed E-state index contributed by atoms with van der Waals surface area (Å²) in [4.78, 5) is 12.4. The van der Waals surface area contributed by atoms with E-state index in [0.717, 1.165) is 16.3 Å². The van der Waals surface area contributed by atoms with E-state index in [2.05, 4.69) is 10.5 Å². The van der Waals surface area contributed by atoms with Gasteiger partial charge in [0.1, 0.15) is 0 Å². The summed E-state index contributed by atoms with van der Waals surface area (Å²) < 4.78 is 10.8. The molecule has 0 radical (unpaired) electrons. The number of nitrogens with one attached hydrogen (secondary N) is 1. The van der Waals surface area contributed by atoms with Crippen molar-refractivity contribution >= 4 is 22.9 Å². The third-order valence-electron chi connectivity index (χ3n) is 3.90. The topological polar surface area (TPSA) is 59.9 Å². The molecule has 0 saturated heterocycles. The zero-order valence-corrected chi connectivity index (χ0v) is 14.7. The number of nitrogens with zero attached hydrogens (tertiary/aromatic N) is 1. The van der Waals surface area contributed by atoms with Crippen molar-refractivity contribution in [3.63, 3.8) is 0 Å². The first-order valence-electron chi connectivity index (χ1n) is 8.35. The molecule has 0 aliphatic carbocycles.